The third kappa shape index (κ3) is 3.46. The summed E-state index contributed by atoms with van der Waals surface area (Å²) in [6.45, 7) is 10.8. The van der Waals surface area contributed by atoms with Gasteiger partial charge in [-0.15, -0.1) is 0 Å². The van der Waals surface area contributed by atoms with Gasteiger partial charge in [-0.2, -0.15) is 0 Å². The zero-order valence-corrected chi connectivity index (χ0v) is 10.8. The molecule has 0 saturated carbocycles. The number of nitrogens with one attached hydrogen (secondary N) is 2. The molecule has 1 amide bonds. The average Bonchev–Trinajstić information content (AvgIpc) is 2.30. The van der Waals surface area contributed by atoms with Crippen LogP contribution in [0.25, 0.3) is 0 Å². The highest BCUT2D eigenvalue weighted by Crippen LogP contribution is 2.15. The first-order chi connectivity index (χ1) is 7.59. The minimum atomic E-state index is -0.379. The Hall–Kier alpha value is -0.610. The van der Waals surface area contributed by atoms with E-state index in [1.54, 1.807) is 0 Å². The molecule has 4 heteroatoms. The molecule has 1 aliphatic rings. The summed E-state index contributed by atoms with van der Waals surface area (Å²) in [6.07, 6.45) is 2.18. The number of piperazine rings is 1. The summed E-state index contributed by atoms with van der Waals surface area (Å²) in [5.41, 5.74) is -0.379. The van der Waals surface area contributed by atoms with E-state index in [-0.39, 0.29) is 11.4 Å². The van der Waals surface area contributed by atoms with Crippen molar-refractivity contribution in [3.8, 4) is 0 Å². The maximum atomic E-state index is 12.1. The zero-order valence-electron chi connectivity index (χ0n) is 10.8. The van der Waals surface area contributed by atoms with Gasteiger partial charge in [-0.05, 0) is 20.3 Å². The minimum absolute atomic E-state index is 0.155. The summed E-state index contributed by atoms with van der Waals surface area (Å²) >= 11 is 0. The van der Waals surface area contributed by atoms with E-state index in [1.165, 1.54) is 0 Å². The lowest BCUT2D eigenvalue weighted by atomic mass is 10.0. The van der Waals surface area contributed by atoms with Crippen LogP contribution in [-0.2, 0) is 4.79 Å². The van der Waals surface area contributed by atoms with Crippen LogP contribution < -0.4 is 10.6 Å². The van der Waals surface area contributed by atoms with Crippen LogP contribution in [0, 0.1) is 0 Å². The maximum absolute atomic E-state index is 12.1. The first-order valence-corrected chi connectivity index (χ1v) is 6.33. The first-order valence-electron chi connectivity index (χ1n) is 6.33. The lowest BCUT2D eigenvalue weighted by Gasteiger charge is -2.39. The van der Waals surface area contributed by atoms with E-state index in [4.69, 9.17) is 0 Å². The smallest absolute Gasteiger partial charge is 0.239 e. The molecule has 1 heterocycles. The van der Waals surface area contributed by atoms with E-state index in [0.717, 1.165) is 45.6 Å². The number of nitrogens with zero attached hydrogens (tertiary/aromatic N) is 1. The molecule has 1 aliphatic heterocycles. The lowest BCUT2D eigenvalue weighted by Crippen LogP contribution is -2.60. The first kappa shape index (κ1) is 13.5. The number of carbonyl (C=O) groups is 1. The molecular formula is C12H25N3O. The van der Waals surface area contributed by atoms with E-state index in [2.05, 4.69) is 22.5 Å². The van der Waals surface area contributed by atoms with Crippen molar-refractivity contribution in [1.29, 1.82) is 0 Å². The second kappa shape index (κ2) is 6.21. The number of unbranched alkanes of at least 4 members (excludes halogenated alkanes) is 1. The van der Waals surface area contributed by atoms with Crippen molar-refractivity contribution < 1.29 is 4.79 Å². The standard InChI is InChI=1S/C12H25N3O/c1-4-5-6-14-11(16)12(2,3)15-9-7-13-8-10-15/h13H,4-10H2,1-3H3,(H,14,16). The Labute approximate surface area is 98.8 Å². The summed E-state index contributed by atoms with van der Waals surface area (Å²) in [4.78, 5) is 14.3. The van der Waals surface area contributed by atoms with Gasteiger partial charge in [0.1, 0.15) is 0 Å². The molecule has 16 heavy (non-hydrogen) atoms. The molecule has 0 aromatic rings. The third-order valence-corrected chi connectivity index (χ3v) is 3.28. The van der Waals surface area contributed by atoms with Crippen molar-refractivity contribution in [2.45, 2.75) is 39.2 Å². The van der Waals surface area contributed by atoms with Crippen LogP contribution in [-0.4, -0.2) is 49.1 Å². The molecule has 0 spiro atoms. The molecule has 0 atom stereocenters. The molecule has 0 aliphatic carbocycles. The van der Waals surface area contributed by atoms with Gasteiger partial charge in [0.05, 0.1) is 5.54 Å². The van der Waals surface area contributed by atoms with Crippen LogP contribution in [0.1, 0.15) is 33.6 Å². The van der Waals surface area contributed by atoms with Crippen LogP contribution in [0.2, 0.25) is 0 Å². The molecule has 1 saturated heterocycles. The fraction of sp³-hybridized carbons (Fsp3) is 0.917. The summed E-state index contributed by atoms with van der Waals surface area (Å²) in [7, 11) is 0. The molecule has 1 rings (SSSR count). The summed E-state index contributed by atoms with van der Waals surface area (Å²) in [5, 5.41) is 6.32. The van der Waals surface area contributed by atoms with Crippen LogP contribution in [0.4, 0.5) is 0 Å². The second-order valence-electron chi connectivity index (χ2n) is 4.91. The molecule has 94 valence electrons. The zero-order chi connectivity index (χ0) is 12.0. The highest BCUT2D eigenvalue weighted by Gasteiger charge is 2.34. The molecule has 0 unspecified atom stereocenters. The molecule has 2 N–H and O–H groups in total. The van der Waals surface area contributed by atoms with Gasteiger partial charge in [0.25, 0.3) is 0 Å². The second-order valence-corrected chi connectivity index (χ2v) is 4.91. The highest BCUT2D eigenvalue weighted by atomic mass is 16.2. The average molecular weight is 227 g/mol. The van der Waals surface area contributed by atoms with Crippen LogP contribution in [0.5, 0.6) is 0 Å². The van der Waals surface area contributed by atoms with Crippen molar-refractivity contribution >= 4 is 5.91 Å². The largest absolute Gasteiger partial charge is 0.355 e. The summed E-state index contributed by atoms with van der Waals surface area (Å²) < 4.78 is 0. The fourth-order valence-electron chi connectivity index (χ4n) is 1.96. The highest BCUT2D eigenvalue weighted by molar-refractivity contribution is 5.85. The Morgan fingerprint density at radius 3 is 2.56 bits per heavy atom. The van der Waals surface area contributed by atoms with Crippen molar-refractivity contribution in [2.24, 2.45) is 0 Å². The van der Waals surface area contributed by atoms with Crippen molar-refractivity contribution in [2.75, 3.05) is 32.7 Å². The van der Waals surface area contributed by atoms with Gasteiger partial charge in [-0.25, -0.2) is 0 Å². The Balaban J connectivity index is 2.43. The molecule has 0 bridgehead atoms. The molecular weight excluding hydrogens is 202 g/mol. The van der Waals surface area contributed by atoms with Gasteiger partial charge in [-0.3, -0.25) is 9.69 Å². The lowest BCUT2D eigenvalue weighted by molar-refractivity contribution is -0.132. The predicted octanol–water partition coefficient (Wildman–Crippen LogP) is 0.587. The molecule has 0 aromatic carbocycles. The summed E-state index contributed by atoms with van der Waals surface area (Å²) in [5.74, 6) is 0.155. The molecule has 4 nitrogen and oxygen atoms in total. The van der Waals surface area contributed by atoms with Gasteiger partial charge >= 0.3 is 0 Å². The predicted molar refractivity (Wildman–Crippen MR) is 66.4 cm³/mol. The third-order valence-electron chi connectivity index (χ3n) is 3.28. The summed E-state index contributed by atoms with van der Waals surface area (Å²) in [6, 6.07) is 0. The Morgan fingerprint density at radius 1 is 1.38 bits per heavy atom. The normalized spacial score (nSPS) is 18.4. The van der Waals surface area contributed by atoms with E-state index in [1.807, 2.05) is 13.8 Å². The number of carbonyl (C=O) groups excluding carboxylic acids is 1. The van der Waals surface area contributed by atoms with Crippen LogP contribution in [0.15, 0.2) is 0 Å². The minimum Gasteiger partial charge on any atom is -0.355 e. The number of hydrogen-bond acceptors (Lipinski definition) is 3. The van der Waals surface area contributed by atoms with Gasteiger partial charge in [0.2, 0.25) is 5.91 Å². The van der Waals surface area contributed by atoms with Gasteiger partial charge < -0.3 is 10.6 Å². The van der Waals surface area contributed by atoms with Gasteiger partial charge in [0, 0.05) is 32.7 Å². The number of hydrogen-bond donors (Lipinski definition) is 2. The fourth-order valence-corrected chi connectivity index (χ4v) is 1.96. The quantitative estimate of drug-likeness (QED) is 0.676. The SMILES string of the molecule is CCCCNC(=O)C(C)(C)N1CCNCC1. The Bertz CT molecular complexity index is 222. The van der Waals surface area contributed by atoms with Crippen molar-refractivity contribution in [1.82, 2.24) is 15.5 Å². The maximum Gasteiger partial charge on any atom is 0.239 e. The number of rotatable bonds is 5. The van der Waals surface area contributed by atoms with Crippen molar-refractivity contribution in [3.63, 3.8) is 0 Å². The van der Waals surface area contributed by atoms with Crippen LogP contribution in [0.3, 0.4) is 0 Å². The topological polar surface area (TPSA) is 44.4 Å². The molecule has 1 fully saturated rings. The Morgan fingerprint density at radius 2 is 2.00 bits per heavy atom. The van der Waals surface area contributed by atoms with Crippen LogP contribution >= 0.6 is 0 Å². The number of amides is 1. The van der Waals surface area contributed by atoms with E-state index in [9.17, 15) is 4.79 Å². The Kier molecular flexibility index (Phi) is 5.22. The molecule has 0 radical (unpaired) electrons. The van der Waals surface area contributed by atoms with Crippen molar-refractivity contribution in [3.05, 3.63) is 0 Å². The van der Waals surface area contributed by atoms with E-state index < -0.39 is 0 Å². The van der Waals surface area contributed by atoms with Gasteiger partial charge in [0.15, 0.2) is 0 Å². The van der Waals surface area contributed by atoms with E-state index >= 15 is 0 Å². The van der Waals surface area contributed by atoms with E-state index in [0.29, 0.717) is 0 Å². The van der Waals surface area contributed by atoms with Gasteiger partial charge in [-0.1, -0.05) is 13.3 Å². The monoisotopic (exact) mass is 227 g/mol. The molecule has 0 aromatic heterocycles.